The van der Waals surface area contributed by atoms with Crippen LogP contribution in [0.2, 0.25) is 5.02 Å². The number of hydrogen-bond acceptors (Lipinski definition) is 3. The number of thiocarbonyl (C=S) groups is 1. The third kappa shape index (κ3) is 6.32. The van der Waals surface area contributed by atoms with Crippen molar-refractivity contribution >= 4 is 40.6 Å². The summed E-state index contributed by atoms with van der Waals surface area (Å²) >= 11 is 11.5. The molecule has 2 aromatic rings. The Balaban J connectivity index is 1.85. The van der Waals surface area contributed by atoms with Crippen molar-refractivity contribution in [2.75, 3.05) is 11.9 Å². The minimum absolute atomic E-state index is 0.226. The van der Waals surface area contributed by atoms with Crippen LogP contribution in [0, 0.1) is 0 Å². The van der Waals surface area contributed by atoms with Crippen LogP contribution in [0.3, 0.4) is 0 Å². The highest BCUT2D eigenvalue weighted by atomic mass is 35.5. The van der Waals surface area contributed by atoms with Gasteiger partial charge in [0.25, 0.3) is 0 Å². The van der Waals surface area contributed by atoms with Gasteiger partial charge in [0.15, 0.2) is 5.11 Å². The number of esters is 1. The molecular formula is C20H23ClN2O2S. The van der Waals surface area contributed by atoms with E-state index < -0.39 is 5.97 Å². The fourth-order valence-electron chi connectivity index (χ4n) is 2.46. The van der Waals surface area contributed by atoms with Crippen LogP contribution in [0.25, 0.3) is 0 Å². The monoisotopic (exact) mass is 390 g/mol. The zero-order chi connectivity index (χ0) is 18.9. The number of nitrogens with one attached hydrogen (secondary N) is 2. The molecule has 0 saturated heterocycles. The van der Waals surface area contributed by atoms with Crippen molar-refractivity contribution in [3.05, 3.63) is 64.7 Å². The molecule has 4 nitrogen and oxygen atoms in total. The number of ether oxygens (including phenoxy) is 1. The summed E-state index contributed by atoms with van der Waals surface area (Å²) in [6.07, 6.45) is 1.95. The van der Waals surface area contributed by atoms with Crippen molar-refractivity contribution in [1.82, 2.24) is 5.32 Å². The number of carbonyl (C=O) groups excluding carboxylic acids is 1. The molecule has 1 unspecified atom stereocenters. The van der Waals surface area contributed by atoms with Gasteiger partial charge in [0, 0.05) is 11.7 Å². The second kappa shape index (κ2) is 10.1. The first kappa shape index (κ1) is 20.2. The van der Waals surface area contributed by atoms with Crippen LogP contribution in [0.4, 0.5) is 5.69 Å². The summed E-state index contributed by atoms with van der Waals surface area (Å²) in [6.45, 7) is 4.16. The van der Waals surface area contributed by atoms with Crippen molar-refractivity contribution < 1.29 is 9.53 Å². The fraction of sp³-hybridized carbons (Fsp3) is 0.300. The lowest BCUT2D eigenvalue weighted by atomic mass is 10.1. The lowest BCUT2D eigenvalue weighted by Crippen LogP contribution is -2.36. The van der Waals surface area contributed by atoms with E-state index in [9.17, 15) is 4.79 Å². The highest BCUT2D eigenvalue weighted by molar-refractivity contribution is 7.80. The molecule has 0 saturated carbocycles. The van der Waals surface area contributed by atoms with Gasteiger partial charge in [-0.1, -0.05) is 41.9 Å². The third-order valence-electron chi connectivity index (χ3n) is 3.81. The van der Waals surface area contributed by atoms with Gasteiger partial charge in [0.1, 0.15) is 0 Å². The molecule has 138 valence electrons. The van der Waals surface area contributed by atoms with Crippen molar-refractivity contribution in [1.29, 1.82) is 0 Å². The normalized spacial score (nSPS) is 11.5. The van der Waals surface area contributed by atoms with Crippen LogP contribution < -0.4 is 10.6 Å². The van der Waals surface area contributed by atoms with Crippen LogP contribution in [0.5, 0.6) is 0 Å². The van der Waals surface area contributed by atoms with E-state index in [4.69, 9.17) is 28.6 Å². The van der Waals surface area contributed by atoms with Crippen molar-refractivity contribution in [2.24, 2.45) is 0 Å². The smallest absolute Gasteiger partial charge is 0.339 e. The van der Waals surface area contributed by atoms with Gasteiger partial charge in [-0.05, 0) is 62.7 Å². The predicted molar refractivity (Wildman–Crippen MR) is 111 cm³/mol. The first-order valence-electron chi connectivity index (χ1n) is 8.57. The van der Waals surface area contributed by atoms with E-state index >= 15 is 0 Å². The van der Waals surface area contributed by atoms with Gasteiger partial charge in [-0.2, -0.15) is 0 Å². The molecule has 0 fully saturated rings. The average molecular weight is 391 g/mol. The highest BCUT2D eigenvalue weighted by Crippen LogP contribution is 2.22. The second-order valence-electron chi connectivity index (χ2n) is 5.94. The van der Waals surface area contributed by atoms with E-state index in [-0.39, 0.29) is 6.04 Å². The molecule has 0 aromatic heterocycles. The molecule has 0 spiro atoms. The molecule has 2 rings (SSSR count). The van der Waals surface area contributed by atoms with Crippen LogP contribution in [-0.2, 0) is 11.2 Å². The van der Waals surface area contributed by atoms with Gasteiger partial charge in [0.05, 0.1) is 17.2 Å². The first-order chi connectivity index (χ1) is 12.5. The van der Waals surface area contributed by atoms with Gasteiger partial charge in [-0.25, -0.2) is 4.79 Å². The van der Waals surface area contributed by atoms with Crippen molar-refractivity contribution in [2.45, 2.75) is 32.7 Å². The quantitative estimate of drug-likeness (QED) is 0.524. The Morgan fingerprint density at radius 1 is 1.23 bits per heavy atom. The molecule has 0 aliphatic carbocycles. The van der Waals surface area contributed by atoms with Crippen LogP contribution >= 0.6 is 23.8 Å². The summed E-state index contributed by atoms with van der Waals surface area (Å²) < 4.78 is 4.96. The molecule has 0 aliphatic rings. The molecule has 2 N–H and O–H groups in total. The van der Waals surface area contributed by atoms with Crippen LogP contribution in [-0.4, -0.2) is 23.7 Å². The average Bonchev–Trinajstić information content (AvgIpc) is 2.61. The predicted octanol–water partition coefficient (Wildman–Crippen LogP) is 4.82. The maximum atomic E-state index is 11.8. The van der Waals surface area contributed by atoms with Crippen LogP contribution in [0.1, 0.15) is 36.2 Å². The summed E-state index contributed by atoms with van der Waals surface area (Å²) in [7, 11) is 0. The molecule has 26 heavy (non-hydrogen) atoms. The maximum Gasteiger partial charge on any atom is 0.339 e. The number of anilines is 1. The van der Waals surface area contributed by atoms with E-state index in [2.05, 4.69) is 29.7 Å². The topological polar surface area (TPSA) is 50.4 Å². The number of hydrogen-bond donors (Lipinski definition) is 2. The van der Waals surface area contributed by atoms with Gasteiger partial charge >= 0.3 is 5.97 Å². The summed E-state index contributed by atoms with van der Waals surface area (Å²) in [4.78, 5) is 11.8. The van der Waals surface area contributed by atoms with Crippen molar-refractivity contribution in [3.8, 4) is 0 Å². The number of rotatable bonds is 7. The second-order valence-corrected chi connectivity index (χ2v) is 6.75. The molecule has 6 heteroatoms. The lowest BCUT2D eigenvalue weighted by Gasteiger charge is -2.17. The first-order valence-corrected chi connectivity index (χ1v) is 9.36. The zero-order valence-corrected chi connectivity index (χ0v) is 16.5. The Bertz CT molecular complexity index is 753. The molecule has 0 amide bonds. The summed E-state index contributed by atoms with van der Waals surface area (Å²) in [5.41, 5.74) is 2.37. The number of halogens is 1. The Kier molecular flexibility index (Phi) is 7.88. The van der Waals surface area contributed by atoms with E-state index in [0.29, 0.717) is 22.3 Å². The third-order valence-corrected chi connectivity index (χ3v) is 4.34. The Morgan fingerprint density at radius 2 is 1.96 bits per heavy atom. The maximum absolute atomic E-state index is 11.8. The molecule has 0 bridgehead atoms. The largest absolute Gasteiger partial charge is 0.462 e. The Hall–Kier alpha value is -2.11. The van der Waals surface area contributed by atoms with Gasteiger partial charge in [-0.3, -0.25) is 0 Å². The lowest BCUT2D eigenvalue weighted by molar-refractivity contribution is 0.0526. The molecule has 0 aliphatic heterocycles. The van der Waals surface area contributed by atoms with Crippen LogP contribution in [0.15, 0.2) is 48.5 Å². The van der Waals surface area contributed by atoms with E-state index in [0.717, 1.165) is 18.5 Å². The summed E-state index contributed by atoms with van der Waals surface area (Å²) in [6, 6.07) is 15.6. The molecule has 0 heterocycles. The van der Waals surface area contributed by atoms with Crippen molar-refractivity contribution in [3.63, 3.8) is 0 Å². The Labute approximate surface area is 164 Å². The van der Waals surface area contributed by atoms with E-state index in [1.807, 2.05) is 18.2 Å². The molecule has 0 radical (unpaired) electrons. The molecule has 2 aromatic carbocycles. The zero-order valence-electron chi connectivity index (χ0n) is 14.9. The minimum atomic E-state index is -0.431. The number of carbonyl (C=O) groups is 1. The van der Waals surface area contributed by atoms with Gasteiger partial charge in [-0.15, -0.1) is 0 Å². The minimum Gasteiger partial charge on any atom is -0.462 e. The SMILES string of the molecule is CCOC(=O)c1ccc(NC(=S)NC(C)CCc2ccccc2)cc1Cl. The van der Waals surface area contributed by atoms with Gasteiger partial charge in [0.2, 0.25) is 0 Å². The number of aryl methyl sites for hydroxylation is 1. The van der Waals surface area contributed by atoms with E-state index in [1.54, 1.807) is 25.1 Å². The van der Waals surface area contributed by atoms with E-state index in [1.165, 1.54) is 5.56 Å². The highest BCUT2D eigenvalue weighted by Gasteiger charge is 2.12. The number of benzene rings is 2. The molecular weight excluding hydrogens is 368 g/mol. The standard InChI is InChI=1S/C20H23ClN2O2S/c1-3-25-19(24)17-12-11-16(13-18(17)21)23-20(26)22-14(2)9-10-15-7-5-4-6-8-15/h4-8,11-14H,3,9-10H2,1-2H3,(H2,22,23,26). The fourth-order valence-corrected chi connectivity index (χ4v) is 3.03. The van der Waals surface area contributed by atoms with Gasteiger partial charge < -0.3 is 15.4 Å². The summed E-state index contributed by atoms with van der Waals surface area (Å²) in [5, 5.41) is 7.20. The molecule has 1 atom stereocenters. The Morgan fingerprint density at radius 3 is 2.62 bits per heavy atom. The summed E-state index contributed by atoms with van der Waals surface area (Å²) in [5.74, 6) is -0.431.